The lowest BCUT2D eigenvalue weighted by atomic mass is 9.32. The largest absolute Gasteiger partial charge is 0.458 e. The standard InChI is InChI=1S/C58H29B2Br3O2/c61-34-17-19-46-50(23-34)65-52-25-36(63)22-44-40-27-37(31-12-6-2-7-13-31)41-28-47-53-39(26-38(32-14-8-3-9-15-32)42-29-48(60(46)58(44)52)54(40)56(41)55(42)53)43-21-35(62)24-51-57(43)59(47)45-18-16-33(20-49(45)64-51)30-10-4-1-5-11-30/h1-29H. The summed E-state index contributed by atoms with van der Waals surface area (Å²) in [5.74, 6) is 3.57. The highest BCUT2D eigenvalue weighted by Crippen LogP contribution is 2.51. The molecule has 0 radical (unpaired) electrons. The molecule has 4 heterocycles. The lowest BCUT2D eigenvalue weighted by Crippen LogP contribution is -2.58. The van der Waals surface area contributed by atoms with E-state index in [1.165, 1.54) is 115 Å². The van der Waals surface area contributed by atoms with Crippen LogP contribution in [0.2, 0.25) is 0 Å². The van der Waals surface area contributed by atoms with Crippen LogP contribution in [0.25, 0.3) is 88.0 Å². The van der Waals surface area contributed by atoms with Crippen LogP contribution in [0.4, 0.5) is 0 Å². The normalized spacial score (nSPS) is 13.3. The van der Waals surface area contributed by atoms with Gasteiger partial charge in [-0.15, -0.1) is 0 Å². The van der Waals surface area contributed by atoms with E-state index < -0.39 is 0 Å². The van der Waals surface area contributed by atoms with Crippen LogP contribution >= 0.6 is 47.8 Å². The summed E-state index contributed by atoms with van der Waals surface area (Å²) >= 11 is 11.7. The van der Waals surface area contributed by atoms with Crippen molar-refractivity contribution in [3.05, 3.63) is 189 Å². The maximum absolute atomic E-state index is 7.04. The van der Waals surface area contributed by atoms with Gasteiger partial charge < -0.3 is 9.47 Å². The minimum Gasteiger partial charge on any atom is -0.458 e. The number of benzene rings is 11. The van der Waals surface area contributed by atoms with Crippen LogP contribution in [0.1, 0.15) is 0 Å². The van der Waals surface area contributed by atoms with Crippen LogP contribution in [-0.2, 0) is 0 Å². The van der Waals surface area contributed by atoms with E-state index in [1.54, 1.807) is 0 Å². The van der Waals surface area contributed by atoms with Crippen LogP contribution in [-0.4, -0.2) is 13.4 Å². The van der Waals surface area contributed by atoms with E-state index in [9.17, 15) is 0 Å². The highest BCUT2D eigenvalue weighted by Gasteiger charge is 2.44. The minimum atomic E-state index is -0.0564. The Morgan fingerprint density at radius 1 is 0.292 bits per heavy atom. The van der Waals surface area contributed by atoms with Crippen molar-refractivity contribution >= 4 is 126 Å². The third-order valence-corrected chi connectivity index (χ3v) is 15.9. The Balaban J connectivity index is 1.15. The van der Waals surface area contributed by atoms with E-state index >= 15 is 0 Å². The topological polar surface area (TPSA) is 18.5 Å². The third kappa shape index (κ3) is 5.07. The zero-order chi connectivity index (χ0) is 42.8. The highest BCUT2D eigenvalue weighted by molar-refractivity contribution is 9.11. The molecule has 4 aliphatic rings. The number of rotatable bonds is 3. The summed E-state index contributed by atoms with van der Waals surface area (Å²) in [4.78, 5) is 0. The van der Waals surface area contributed by atoms with E-state index in [2.05, 4.69) is 224 Å². The first-order valence-electron chi connectivity index (χ1n) is 21.9. The Morgan fingerprint density at radius 2 is 0.738 bits per heavy atom. The molecule has 4 aliphatic heterocycles. The summed E-state index contributed by atoms with van der Waals surface area (Å²) in [5, 5.41) is 7.78. The maximum atomic E-state index is 7.04. The van der Waals surface area contributed by atoms with Crippen LogP contribution in [0.5, 0.6) is 23.0 Å². The van der Waals surface area contributed by atoms with Gasteiger partial charge in [0, 0.05) is 13.4 Å². The van der Waals surface area contributed by atoms with Gasteiger partial charge in [-0.05, 0) is 164 Å². The molecular weight excluding hydrogens is 990 g/mol. The average molecular weight is 1020 g/mol. The van der Waals surface area contributed by atoms with Crippen LogP contribution < -0.4 is 42.3 Å². The van der Waals surface area contributed by atoms with Crippen molar-refractivity contribution in [1.82, 2.24) is 0 Å². The van der Waals surface area contributed by atoms with E-state index in [-0.39, 0.29) is 13.4 Å². The van der Waals surface area contributed by atoms with Gasteiger partial charge in [0.2, 0.25) is 0 Å². The van der Waals surface area contributed by atoms with E-state index in [0.29, 0.717) is 0 Å². The Bertz CT molecular complexity index is 3930. The molecule has 0 bridgehead atoms. The van der Waals surface area contributed by atoms with Crippen LogP contribution in [0.3, 0.4) is 0 Å². The van der Waals surface area contributed by atoms with E-state index in [4.69, 9.17) is 9.47 Å². The van der Waals surface area contributed by atoms with E-state index in [0.717, 1.165) is 42.0 Å². The SMILES string of the molecule is Brc1ccc2c(c1)Oc1cc(Br)cc3c1B2c1cc2c(-c4ccccc4)cc4c5c(cc6c(-c7ccccc7)cc-3c1c6c25)B1c2ccc(-c3ccccc3)cc2Oc2cc(Br)cc-4c21. The fraction of sp³-hybridized carbons (Fsp3) is 0. The molecular formula is C58H29B2Br3O2. The Morgan fingerprint density at radius 3 is 1.25 bits per heavy atom. The molecule has 11 aromatic rings. The van der Waals surface area contributed by atoms with Crippen LogP contribution in [0, 0.1) is 0 Å². The second-order valence-electron chi connectivity index (χ2n) is 17.8. The fourth-order valence-electron chi connectivity index (χ4n) is 12.0. The molecule has 0 atom stereocenters. The molecule has 0 aromatic heterocycles. The van der Waals surface area contributed by atoms with Crippen molar-refractivity contribution in [2.75, 3.05) is 0 Å². The summed E-state index contributed by atoms with van der Waals surface area (Å²) in [6.45, 7) is -0.0955. The van der Waals surface area contributed by atoms with Crippen molar-refractivity contribution in [1.29, 1.82) is 0 Å². The van der Waals surface area contributed by atoms with Gasteiger partial charge in [-0.3, -0.25) is 0 Å². The van der Waals surface area contributed by atoms with Gasteiger partial charge in [0.1, 0.15) is 23.0 Å². The molecule has 0 N–H and O–H groups in total. The van der Waals surface area contributed by atoms with Crippen molar-refractivity contribution in [2.24, 2.45) is 0 Å². The van der Waals surface area contributed by atoms with Crippen molar-refractivity contribution in [3.63, 3.8) is 0 Å². The van der Waals surface area contributed by atoms with Gasteiger partial charge in [0.15, 0.2) is 0 Å². The molecule has 0 amide bonds. The molecule has 0 saturated heterocycles. The highest BCUT2D eigenvalue weighted by atomic mass is 79.9. The molecule has 0 fully saturated rings. The van der Waals surface area contributed by atoms with Crippen molar-refractivity contribution in [3.8, 4) is 78.6 Å². The molecule has 11 aromatic carbocycles. The second kappa shape index (κ2) is 13.4. The first-order chi connectivity index (χ1) is 31.9. The lowest BCUT2D eigenvalue weighted by Gasteiger charge is -2.37. The van der Waals surface area contributed by atoms with Gasteiger partial charge in [-0.1, -0.05) is 180 Å². The van der Waals surface area contributed by atoms with Crippen molar-refractivity contribution in [2.45, 2.75) is 0 Å². The van der Waals surface area contributed by atoms with Gasteiger partial charge >= 0.3 is 0 Å². The smallest absolute Gasteiger partial charge is 0.252 e. The molecule has 7 heteroatoms. The monoisotopic (exact) mass is 1020 g/mol. The molecule has 15 rings (SSSR count). The van der Waals surface area contributed by atoms with Gasteiger partial charge in [-0.2, -0.15) is 0 Å². The summed E-state index contributed by atoms with van der Waals surface area (Å²) in [6.07, 6.45) is 0. The molecule has 65 heavy (non-hydrogen) atoms. The number of hydrogen-bond acceptors (Lipinski definition) is 2. The summed E-state index contributed by atoms with van der Waals surface area (Å²) < 4.78 is 16.9. The zero-order valence-corrected chi connectivity index (χ0v) is 39.1. The predicted octanol–water partition coefficient (Wildman–Crippen LogP) is 13.1. The van der Waals surface area contributed by atoms with Gasteiger partial charge in [0.25, 0.3) is 13.4 Å². The molecule has 0 spiro atoms. The van der Waals surface area contributed by atoms with Gasteiger partial charge in [0.05, 0.1) is 0 Å². The van der Waals surface area contributed by atoms with Crippen LogP contribution in [0.15, 0.2) is 189 Å². The first-order valence-corrected chi connectivity index (χ1v) is 24.3. The van der Waals surface area contributed by atoms with Crippen molar-refractivity contribution < 1.29 is 9.47 Å². The molecule has 300 valence electrons. The molecule has 0 saturated carbocycles. The number of halogens is 3. The number of fused-ring (bicyclic) bond motifs is 8. The minimum absolute atomic E-state index is 0.0391. The number of hydrogen-bond donors (Lipinski definition) is 0. The Labute approximate surface area is 400 Å². The zero-order valence-electron chi connectivity index (χ0n) is 34.3. The predicted molar refractivity (Wildman–Crippen MR) is 283 cm³/mol. The first kappa shape index (κ1) is 36.9. The summed E-state index contributed by atoms with van der Waals surface area (Å²) in [5.41, 5.74) is 19.4. The number of ether oxygens (including phenoxy) is 2. The third-order valence-electron chi connectivity index (χ3n) is 14.5. The quantitative estimate of drug-likeness (QED) is 0.130. The molecule has 0 unspecified atom stereocenters. The second-order valence-corrected chi connectivity index (χ2v) is 20.6. The van der Waals surface area contributed by atoms with Gasteiger partial charge in [-0.25, -0.2) is 0 Å². The molecule has 2 nitrogen and oxygen atoms in total. The molecule has 0 aliphatic carbocycles. The summed E-state index contributed by atoms with van der Waals surface area (Å²) in [7, 11) is 0. The van der Waals surface area contributed by atoms with E-state index in [1.807, 2.05) is 0 Å². The fourth-order valence-corrected chi connectivity index (χ4v) is 13.2. The summed E-state index contributed by atoms with van der Waals surface area (Å²) in [6, 6.07) is 65.0. The Hall–Kier alpha value is -6.37. The maximum Gasteiger partial charge on any atom is 0.252 e. The lowest BCUT2D eigenvalue weighted by molar-refractivity contribution is 0.487. The average Bonchev–Trinajstić information content (AvgIpc) is 3.33. The Kier molecular flexibility index (Phi) is 7.59.